The summed E-state index contributed by atoms with van der Waals surface area (Å²) in [5.74, 6) is 1.05. The summed E-state index contributed by atoms with van der Waals surface area (Å²) in [5.41, 5.74) is 2.28. The summed E-state index contributed by atoms with van der Waals surface area (Å²) in [6.07, 6.45) is 1.73. The van der Waals surface area contributed by atoms with Gasteiger partial charge in [0, 0.05) is 25.9 Å². The SMILES string of the molecule is CC(C)CC(=O)N1Cc2ccccc2CC1C(=O)NCCCOc1ccccc1. The van der Waals surface area contributed by atoms with Crippen LogP contribution in [0.15, 0.2) is 54.6 Å². The van der Waals surface area contributed by atoms with Crippen molar-refractivity contribution in [1.29, 1.82) is 0 Å². The Kier molecular flexibility index (Phi) is 7.28. The number of fused-ring (bicyclic) bond motifs is 1. The maximum atomic E-state index is 12.9. The van der Waals surface area contributed by atoms with Crippen LogP contribution in [0.3, 0.4) is 0 Å². The quantitative estimate of drug-likeness (QED) is 0.697. The fourth-order valence-electron chi connectivity index (χ4n) is 3.59. The molecule has 0 saturated carbocycles. The van der Waals surface area contributed by atoms with Crippen LogP contribution in [0.4, 0.5) is 0 Å². The minimum atomic E-state index is -0.453. The Balaban J connectivity index is 1.56. The van der Waals surface area contributed by atoms with Crippen molar-refractivity contribution in [2.24, 2.45) is 5.92 Å². The Morgan fingerprint density at radius 3 is 2.48 bits per heavy atom. The monoisotopic (exact) mass is 394 g/mol. The highest BCUT2D eigenvalue weighted by atomic mass is 16.5. The van der Waals surface area contributed by atoms with E-state index in [-0.39, 0.29) is 17.7 Å². The van der Waals surface area contributed by atoms with E-state index in [1.54, 1.807) is 4.90 Å². The Bertz CT molecular complexity index is 820. The number of hydrogen-bond donors (Lipinski definition) is 1. The molecule has 3 rings (SSSR count). The number of hydrogen-bond acceptors (Lipinski definition) is 3. The first kappa shape index (κ1) is 20.9. The van der Waals surface area contributed by atoms with Crippen LogP contribution in [0, 0.1) is 5.92 Å². The summed E-state index contributed by atoms with van der Waals surface area (Å²) in [7, 11) is 0. The van der Waals surface area contributed by atoms with Crippen molar-refractivity contribution in [1.82, 2.24) is 10.2 Å². The van der Waals surface area contributed by atoms with Gasteiger partial charge in [-0.15, -0.1) is 0 Å². The average Bonchev–Trinajstić information content (AvgIpc) is 2.72. The fraction of sp³-hybridized carbons (Fsp3) is 0.417. The van der Waals surface area contributed by atoms with E-state index in [2.05, 4.69) is 5.32 Å². The zero-order valence-corrected chi connectivity index (χ0v) is 17.3. The largest absolute Gasteiger partial charge is 0.494 e. The molecule has 5 heteroatoms. The van der Waals surface area contributed by atoms with E-state index in [9.17, 15) is 9.59 Å². The zero-order chi connectivity index (χ0) is 20.6. The van der Waals surface area contributed by atoms with Gasteiger partial charge < -0.3 is 15.0 Å². The van der Waals surface area contributed by atoms with Crippen molar-refractivity contribution in [3.05, 3.63) is 65.7 Å². The third-order valence-corrected chi connectivity index (χ3v) is 5.09. The van der Waals surface area contributed by atoms with Gasteiger partial charge in [-0.25, -0.2) is 0 Å². The van der Waals surface area contributed by atoms with Gasteiger partial charge in [-0.05, 0) is 35.6 Å². The van der Waals surface area contributed by atoms with Gasteiger partial charge in [-0.2, -0.15) is 0 Å². The molecule has 1 heterocycles. The second-order valence-electron chi connectivity index (χ2n) is 7.91. The summed E-state index contributed by atoms with van der Waals surface area (Å²) >= 11 is 0. The average molecular weight is 395 g/mol. The lowest BCUT2D eigenvalue weighted by Crippen LogP contribution is -2.53. The number of nitrogens with one attached hydrogen (secondary N) is 1. The minimum absolute atomic E-state index is 0.0436. The van der Waals surface area contributed by atoms with Gasteiger partial charge in [0.25, 0.3) is 0 Å². The summed E-state index contributed by atoms with van der Waals surface area (Å²) in [6.45, 7) is 5.61. The van der Waals surface area contributed by atoms with Crippen LogP contribution in [0.5, 0.6) is 5.75 Å². The van der Waals surface area contributed by atoms with Crippen molar-refractivity contribution in [2.75, 3.05) is 13.2 Å². The first-order chi connectivity index (χ1) is 14.0. The molecule has 1 atom stereocenters. The zero-order valence-electron chi connectivity index (χ0n) is 17.3. The number of rotatable bonds is 8. The van der Waals surface area contributed by atoms with Crippen LogP contribution >= 0.6 is 0 Å². The highest BCUT2D eigenvalue weighted by Crippen LogP contribution is 2.25. The van der Waals surface area contributed by atoms with Crippen LogP contribution in [0.1, 0.15) is 37.8 Å². The standard InChI is InChI=1S/C24H30N2O3/c1-18(2)15-23(27)26-17-20-10-7-6-9-19(20)16-22(26)24(28)25-13-8-14-29-21-11-4-3-5-12-21/h3-7,9-12,18,22H,8,13-17H2,1-2H3,(H,25,28). The number of amides is 2. The van der Waals surface area contributed by atoms with Crippen LogP contribution in [-0.4, -0.2) is 35.9 Å². The van der Waals surface area contributed by atoms with E-state index in [1.165, 1.54) is 0 Å². The lowest BCUT2D eigenvalue weighted by atomic mass is 9.92. The molecule has 1 unspecified atom stereocenters. The summed E-state index contributed by atoms with van der Waals surface area (Å²) in [5, 5.41) is 2.99. The maximum absolute atomic E-state index is 12.9. The Morgan fingerprint density at radius 2 is 1.76 bits per heavy atom. The molecule has 0 fully saturated rings. The number of para-hydroxylation sites is 1. The van der Waals surface area contributed by atoms with Crippen molar-refractivity contribution in [2.45, 2.75) is 45.7 Å². The van der Waals surface area contributed by atoms with Crippen LogP contribution in [-0.2, 0) is 22.6 Å². The highest BCUT2D eigenvalue weighted by molar-refractivity contribution is 5.88. The molecule has 2 aromatic rings. The van der Waals surface area contributed by atoms with E-state index in [1.807, 2.05) is 68.4 Å². The Morgan fingerprint density at radius 1 is 1.07 bits per heavy atom. The van der Waals surface area contributed by atoms with Gasteiger partial charge in [-0.1, -0.05) is 56.3 Å². The van der Waals surface area contributed by atoms with Crippen molar-refractivity contribution < 1.29 is 14.3 Å². The topological polar surface area (TPSA) is 58.6 Å². The molecule has 0 saturated heterocycles. The Hall–Kier alpha value is -2.82. The highest BCUT2D eigenvalue weighted by Gasteiger charge is 2.34. The second-order valence-corrected chi connectivity index (χ2v) is 7.91. The molecule has 1 aliphatic heterocycles. The summed E-state index contributed by atoms with van der Waals surface area (Å²) in [4.78, 5) is 27.4. The molecule has 0 aromatic heterocycles. The smallest absolute Gasteiger partial charge is 0.243 e. The van der Waals surface area contributed by atoms with Gasteiger partial charge in [0.15, 0.2) is 0 Å². The van der Waals surface area contributed by atoms with E-state index in [0.29, 0.717) is 39.0 Å². The van der Waals surface area contributed by atoms with E-state index >= 15 is 0 Å². The minimum Gasteiger partial charge on any atom is -0.494 e. The van der Waals surface area contributed by atoms with Gasteiger partial charge >= 0.3 is 0 Å². The number of ether oxygens (including phenoxy) is 1. The molecular formula is C24H30N2O3. The first-order valence-electron chi connectivity index (χ1n) is 10.4. The molecule has 29 heavy (non-hydrogen) atoms. The molecule has 0 spiro atoms. The van der Waals surface area contributed by atoms with Crippen molar-refractivity contribution >= 4 is 11.8 Å². The molecule has 5 nitrogen and oxygen atoms in total. The maximum Gasteiger partial charge on any atom is 0.243 e. The molecule has 1 aliphatic rings. The number of carbonyl (C=O) groups excluding carboxylic acids is 2. The molecular weight excluding hydrogens is 364 g/mol. The second kappa shape index (κ2) is 10.1. The van der Waals surface area contributed by atoms with Crippen LogP contribution < -0.4 is 10.1 Å². The van der Waals surface area contributed by atoms with Gasteiger partial charge in [-0.3, -0.25) is 9.59 Å². The molecule has 0 radical (unpaired) electrons. The van der Waals surface area contributed by atoms with Crippen molar-refractivity contribution in [3.8, 4) is 5.75 Å². The predicted octanol–water partition coefficient (Wildman–Crippen LogP) is 3.57. The summed E-state index contributed by atoms with van der Waals surface area (Å²) < 4.78 is 5.67. The lowest BCUT2D eigenvalue weighted by molar-refractivity contribution is -0.142. The Labute approximate surface area is 173 Å². The van der Waals surface area contributed by atoms with E-state index < -0.39 is 6.04 Å². The predicted molar refractivity (Wildman–Crippen MR) is 114 cm³/mol. The van der Waals surface area contributed by atoms with Gasteiger partial charge in [0.1, 0.15) is 11.8 Å². The van der Waals surface area contributed by atoms with Crippen molar-refractivity contribution in [3.63, 3.8) is 0 Å². The normalized spacial score (nSPS) is 15.7. The van der Waals surface area contributed by atoms with E-state index in [0.717, 1.165) is 16.9 Å². The van der Waals surface area contributed by atoms with E-state index in [4.69, 9.17) is 4.74 Å². The molecule has 1 N–H and O–H groups in total. The summed E-state index contributed by atoms with van der Waals surface area (Å²) in [6, 6.07) is 17.2. The molecule has 2 aromatic carbocycles. The van der Waals surface area contributed by atoms with Crippen LogP contribution in [0.25, 0.3) is 0 Å². The number of carbonyl (C=O) groups is 2. The third kappa shape index (κ3) is 5.83. The number of benzene rings is 2. The fourth-order valence-corrected chi connectivity index (χ4v) is 3.59. The molecule has 0 aliphatic carbocycles. The van der Waals surface area contributed by atoms with Crippen LogP contribution in [0.2, 0.25) is 0 Å². The number of nitrogens with zero attached hydrogens (tertiary/aromatic N) is 1. The first-order valence-corrected chi connectivity index (χ1v) is 10.4. The molecule has 2 amide bonds. The van der Waals surface area contributed by atoms with Gasteiger partial charge in [0.05, 0.1) is 6.61 Å². The van der Waals surface area contributed by atoms with Gasteiger partial charge in [0.2, 0.25) is 11.8 Å². The third-order valence-electron chi connectivity index (χ3n) is 5.09. The molecule has 154 valence electrons. The lowest BCUT2D eigenvalue weighted by Gasteiger charge is -2.36. The molecule has 0 bridgehead atoms.